The monoisotopic (exact) mass is 857 g/mol. The minimum Gasteiger partial charge on any atom is -0.310 e. The number of para-hydroxylation sites is 1. The lowest BCUT2D eigenvalue weighted by Crippen LogP contribution is -2.17. The summed E-state index contributed by atoms with van der Waals surface area (Å²) in [6.07, 6.45) is 0. The number of rotatable bonds is 8. The molecule has 12 rings (SSSR count). The van der Waals surface area contributed by atoms with E-state index in [1.807, 2.05) is 0 Å². The van der Waals surface area contributed by atoms with Crippen LogP contribution < -0.4 is 4.90 Å². The highest BCUT2D eigenvalue weighted by Gasteiger charge is 2.37. The molecule has 0 unspecified atom stereocenters. The lowest BCUT2D eigenvalue weighted by Gasteiger charge is -2.30. The van der Waals surface area contributed by atoms with E-state index >= 15 is 0 Å². The lowest BCUT2D eigenvalue weighted by atomic mass is 9.81. The molecule has 10 aromatic rings. The molecule has 320 valence electrons. The van der Waals surface area contributed by atoms with E-state index in [-0.39, 0.29) is 10.8 Å². The molecule has 1 nitrogen and oxygen atoms in total. The summed E-state index contributed by atoms with van der Waals surface area (Å²) in [5.41, 5.74) is 26.1. The van der Waals surface area contributed by atoms with E-state index < -0.39 is 0 Å². The van der Waals surface area contributed by atoms with Gasteiger partial charge in [0, 0.05) is 27.8 Å². The van der Waals surface area contributed by atoms with Crippen molar-refractivity contribution in [1.29, 1.82) is 0 Å². The van der Waals surface area contributed by atoms with Gasteiger partial charge in [0.25, 0.3) is 0 Å². The maximum absolute atomic E-state index is 2.46. The summed E-state index contributed by atoms with van der Waals surface area (Å²) in [7, 11) is 0. The summed E-state index contributed by atoms with van der Waals surface area (Å²) in [6.45, 7) is 9.49. The summed E-state index contributed by atoms with van der Waals surface area (Å²) in [4.78, 5) is 2.46. The SMILES string of the molecule is CC1(C)c2ccccc2-c2ccc(-c3ccc(N(c4ccc5c(c4)C(C)(C)c4cc(-c6ccc(-c7ccccc7)cc6)ccc4-5)c4ccccc4-c4ccc(-c5ccccc5)cc4)cc3)cc21. The number of hydrogen-bond acceptors (Lipinski definition) is 1. The van der Waals surface area contributed by atoms with Crippen LogP contribution in [0.2, 0.25) is 0 Å². The van der Waals surface area contributed by atoms with Crippen LogP contribution in [0.5, 0.6) is 0 Å². The molecule has 0 bridgehead atoms. The van der Waals surface area contributed by atoms with Crippen molar-refractivity contribution in [1.82, 2.24) is 0 Å². The average molecular weight is 858 g/mol. The predicted octanol–water partition coefficient (Wildman–Crippen LogP) is 18.1. The highest BCUT2D eigenvalue weighted by atomic mass is 15.1. The standard InChI is InChI=1S/C66H51N/c1-65(2)60-21-13-11-20-56(60)57-38-33-52(41-61(57)65)49-31-35-53(36-32-49)67(64-22-14-12-19-55(64)50-29-27-47(28-30-50)45-17-9-6-10-18-45)54-37-40-59-58-39-34-51(42-62(58)66(3,4)63(59)43-54)48-25-23-46(24-26-48)44-15-7-5-8-16-44/h5-43H,1-4H3. The van der Waals surface area contributed by atoms with E-state index in [9.17, 15) is 0 Å². The van der Waals surface area contributed by atoms with E-state index in [4.69, 9.17) is 0 Å². The lowest BCUT2D eigenvalue weighted by molar-refractivity contribution is 0.660. The van der Waals surface area contributed by atoms with Crippen LogP contribution in [0.4, 0.5) is 17.1 Å². The Balaban J connectivity index is 0.938. The number of nitrogens with zero attached hydrogens (tertiary/aromatic N) is 1. The van der Waals surface area contributed by atoms with E-state index in [0.29, 0.717) is 0 Å². The van der Waals surface area contributed by atoms with Crippen molar-refractivity contribution in [3.05, 3.63) is 259 Å². The molecule has 0 atom stereocenters. The molecular formula is C66H51N. The highest BCUT2D eigenvalue weighted by Crippen LogP contribution is 2.53. The zero-order chi connectivity index (χ0) is 45.3. The third-order valence-corrected chi connectivity index (χ3v) is 14.7. The molecule has 0 fully saturated rings. The maximum Gasteiger partial charge on any atom is 0.0540 e. The van der Waals surface area contributed by atoms with Crippen LogP contribution in [0, 0.1) is 0 Å². The fourth-order valence-electron chi connectivity index (χ4n) is 11.0. The first-order valence-electron chi connectivity index (χ1n) is 23.6. The van der Waals surface area contributed by atoms with Crippen LogP contribution in [0.3, 0.4) is 0 Å². The molecule has 10 aromatic carbocycles. The van der Waals surface area contributed by atoms with Crippen LogP contribution >= 0.6 is 0 Å². The Labute approximate surface area is 395 Å². The van der Waals surface area contributed by atoms with Gasteiger partial charge in [-0.25, -0.2) is 0 Å². The first-order valence-corrected chi connectivity index (χ1v) is 23.6. The molecule has 0 heterocycles. The Kier molecular flexibility index (Phi) is 9.59. The maximum atomic E-state index is 2.46. The fourth-order valence-corrected chi connectivity index (χ4v) is 11.0. The van der Waals surface area contributed by atoms with E-state index in [0.717, 1.165) is 17.1 Å². The first kappa shape index (κ1) is 40.5. The second kappa shape index (κ2) is 15.9. The highest BCUT2D eigenvalue weighted by molar-refractivity contribution is 5.92. The summed E-state index contributed by atoms with van der Waals surface area (Å²) in [5, 5.41) is 0. The predicted molar refractivity (Wildman–Crippen MR) is 283 cm³/mol. The number of hydrogen-bond donors (Lipinski definition) is 0. The van der Waals surface area contributed by atoms with Crippen molar-refractivity contribution >= 4 is 17.1 Å². The molecule has 1 heteroatoms. The van der Waals surface area contributed by atoms with Gasteiger partial charge < -0.3 is 4.90 Å². The molecule has 0 saturated heterocycles. The second-order valence-corrected chi connectivity index (χ2v) is 19.3. The normalized spacial score (nSPS) is 13.6. The van der Waals surface area contributed by atoms with E-state index in [1.54, 1.807) is 0 Å². The van der Waals surface area contributed by atoms with Crippen molar-refractivity contribution in [2.75, 3.05) is 4.90 Å². The zero-order valence-corrected chi connectivity index (χ0v) is 38.5. The smallest absolute Gasteiger partial charge is 0.0540 e. The van der Waals surface area contributed by atoms with Crippen molar-refractivity contribution in [2.45, 2.75) is 38.5 Å². The molecule has 0 aromatic heterocycles. The van der Waals surface area contributed by atoms with Crippen molar-refractivity contribution in [3.63, 3.8) is 0 Å². The van der Waals surface area contributed by atoms with Gasteiger partial charge in [0.15, 0.2) is 0 Å². The molecule has 0 N–H and O–H groups in total. The van der Waals surface area contributed by atoms with Crippen molar-refractivity contribution in [2.24, 2.45) is 0 Å². The van der Waals surface area contributed by atoms with Crippen LogP contribution in [0.1, 0.15) is 49.9 Å². The second-order valence-electron chi connectivity index (χ2n) is 19.3. The Bertz CT molecular complexity index is 3470. The van der Waals surface area contributed by atoms with Crippen LogP contribution in [-0.2, 0) is 10.8 Å². The van der Waals surface area contributed by atoms with Gasteiger partial charge in [0.2, 0.25) is 0 Å². The van der Waals surface area contributed by atoms with E-state index in [1.165, 1.54) is 100 Å². The molecular weight excluding hydrogens is 807 g/mol. The molecule has 2 aliphatic carbocycles. The van der Waals surface area contributed by atoms with Gasteiger partial charge in [0.05, 0.1) is 5.69 Å². The van der Waals surface area contributed by atoms with Crippen LogP contribution in [0.25, 0.3) is 77.9 Å². The molecule has 2 aliphatic rings. The Hall–Kier alpha value is -8.00. The van der Waals surface area contributed by atoms with Crippen molar-refractivity contribution < 1.29 is 0 Å². The first-order chi connectivity index (χ1) is 32.7. The molecule has 0 saturated carbocycles. The average Bonchev–Trinajstić information content (AvgIpc) is 3.75. The van der Waals surface area contributed by atoms with Gasteiger partial charge in [-0.05, 0) is 137 Å². The minimum absolute atomic E-state index is 0.0571. The minimum atomic E-state index is -0.218. The number of fused-ring (bicyclic) bond motifs is 6. The molecule has 0 amide bonds. The van der Waals surface area contributed by atoms with Crippen LogP contribution in [-0.4, -0.2) is 0 Å². The summed E-state index contributed by atoms with van der Waals surface area (Å²) < 4.78 is 0. The number of anilines is 3. The molecule has 0 spiro atoms. The fraction of sp³-hybridized carbons (Fsp3) is 0.0909. The van der Waals surface area contributed by atoms with E-state index in [2.05, 4.69) is 269 Å². The van der Waals surface area contributed by atoms with Gasteiger partial charge in [0.1, 0.15) is 0 Å². The zero-order valence-electron chi connectivity index (χ0n) is 38.5. The Morgan fingerprint density at radius 1 is 0.239 bits per heavy atom. The topological polar surface area (TPSA) is 3.24 Å². The third-order valence-electron chi connectivity index (χ3n) is 14.7. The van der Waals surface area contributed by atoms with Gasteiger partial charge >= 0.3 is 0 Å². The third kappa shape index (κ3) is 6.85. The van der Waals surface area contributed by atoms with Gasteiger partial charge in [-0.15, -0.1) is 0 Å². The molecule has 0 radical (unpaired) electrons. The Morgan fingerprint density at radius 3 is 1.13 bits per heavy atom. The van der Waals surface area contributed by atoms with Gasteiger partial charge in [-0.1, -0.05) is 222 Å². The largest absolute Gasteiger partial charge is 0.310 e. The Morgan fingerprint density at radius 2 is 0.582 bits per heavy atom. The number of benzene rings is 10. The quantitative estimate of drug-likeness (QED) is 0.147. The molecule has 67 heavy (non-hydrogen) atoms. The van der Waals surface area contributed by atoms with Gasteiger partial charge in [-0.3, -0.25) is 0 Å². The van der Waals surface area contributed by atoms with Crippen LogP contribution in [0.15, 0.2) is 237 Å². The molecule has 0 aliphatic heterocycles. The summed E-state index contributed by atoms with van der Waals surface area (Å²) in [5.74, 6) is 0. The van der Waals surface area contributed by atoms with Crippen molar-refractivity contribution in [3.8, 4) is 77.9 Å². The summed E-state index contributed by atoms with van der Waals surface area (Å²) >= 11 is 0. The summed E-state index contributed by atoms with van der Waals surface area (Å²) in [6, 6.07) is 87.5. The van der Waals surface area contributed by atoms with Gasteiger partial charge in [-0.2, -0.15) is 0 Å².